The lowest BCUT2D eigenvalue weighted by molar-refractivity contribution is 0.200. The Morgan fingerprint density at radius 2 is 1.77 bits per heavy atom. The molecule has 0 aliphatic heterocycles. The van der Waals surface area contributed by atoms with Crippen LogP contribution in [0.4, 0.5) is 0 Å². The highest BCUT2D eigenvalue weighted by atomic mass is 16.5. The van der Waals surface area contributed by atoms with Crippen molar-refractivity contribution in [2.75, 3.05) is 20.8 Å². The number of rotatable bonds is 7. The molecule has 0 radical (unpaired) electrons. The van der Waals surface area contributed by atoms with Crippen LogP contribution in [0.2, 0.25) is 0 Å². The minimum absolute atomic E-state index is 0.000333. The topological polar surface area (TPSA) is 64.7 Å². The summed E-state index contributed by atoms with van der Waals surface area (Å²) in [6, 6.07) is 12.6. The van der Waals surface area contributed by atoms with Gasteiger partial charge in [0.15, 0.2) is 0 Å². The number of aliphatic hydroxyl groups is 1. The van der Waals surface area contributed by atoms with Gasteiger partial charge >= 0.3 is 0 Å². The monoisotopic (exact) mass is 353 g/mol. The van der Waals surface area contributed by atoms with E-state index in [2.05, 4.69) is 24.3 Å². The van der Waals surface area contributed by atoms with E-state index in [1.54, 1.807) is 14.2 Å². The zero-order chi connectivity index (χ0) is 18.7. The van der Waals surface area contributed by atoms with Crippen molar-refractivity contribution < 1.29 is 14.6 Å². The summed E-state index contributed by atoms with van der Waals surface area (Å²) in [4.78, 5) is 0. The van der Waals surface area contributed by atoms with Gasteiger partial charge in [-0.2, -0.15) is 0 Å². The van der Waals surface area contributed by atoms with Gasteiger partial charge in [0.1, 0.15) is 11.5 Å². The molecule has 1 aliphatic carbocycles. The summed E-state index contributed by atoms with van der Waals surface area (Å²) < 4.78 is 10.8. The van der Waals surface area contributed by atoms with Crippen molar-refractivity contribution in [3.05, 3.63) is 58.7 Å². The van der Waals surface area contributed by atoms with Crippen LogP contribution >= 0.6 is 0 Å². The Bertz CT molecular complexity index is 802. The second-order valence-electron chi connectivity index (χ2n) is 7.29. The number of nitrogens with two attached hydrogens (primary N) is 1. The van der Waals surface area contributed by atoms with E-state index in [0.717, 1.165) is 36.3 Å². The minimum Gasteiger partial charge on any atom is -0.497 e. The molecule has 4 heteroatoms. The standard InChI is InChI=1S/C22H27NO3/c1-22(23,14-24)7-6-15-4-5-16-9-18(10-17(16)8-15)19-11-20(25-2)13-21(12-19)26-3/h4-5,8,10-13,24H,6-7,9,14,23H2,1-3H3/t22-/m1/s1. The zero-order valence-corrected chi connectivity index (χ0v) is 15.7. The van der Waals surface area contributed by atoms with Crippen molar-refractivity contribution in [3.63, 3.8) is 0 Å². The number of aliphatic hydroxyl groups excluding tert-OH is 1. The van der Waals surface area contributed by atoms with E-state index in [1.807, 2.05) is 25.1 Å². The summed E-state index contributed by atoms with van der Waals surface area (Å²) in [6.45, 7) is 1.88. The predicted molar refractivity (Wildman–Crippen MR) is 106 cm³/mol. The van der Waals surface area contributed by atoms with E-state index in [0.29, 0.717) is 0 Å². The number of hydrogen-bond donors (Lipinski definition) is 2. The van der Waals surface area contributed by atoms with Crippen LogP contribution in [0.5, 0.6) is 11.5 Å². The summed E-state index contributed by atoms with van der Waals surface area (Å²) in [7, 11) is 3.33. The van der Waals surface area contributed by atoms with E-state index < -0.39 is 5.54 Å². The van der Waals surface area contributed by atoms with E-state index in [4.69, 9.17) is 15.2 Å². The number of methoxy groups -OCH3 is 2. The Labute approximate surface area is 155 Å². The molecule has 0 unspecified atom stereocenters. The number of hydrogen-bond acceptors (Lipinski definition) is 4. The Hall–Kier alpha value is -2.30. The smallest absolute Gasteiger partial charge is 0.123 e. The van der Waals surface area contributed by atoms with Gasteiger partial charge in [0.05, 0.1) is 20.8 Å². The maximum Gasteiger partial charge on any atom is 0.123 e. The van der Waals surface area contributed by atoms with Crippen molar-refractivity contribution in [1.82, 2.24) is 0 Å². The zero-order valence-electron chi connectivity index (χ0n) is 15.7. The van der Waals surface area contributed by atoms with E-state index in [9.17, 15) is 5.11 Å². The Balaban J connectivity index is 1.82. The van der Waals surface area contributed by atoms with Gasteiger partial charge in [0.2, 0.25) is 0 Å². The molecule has 0 fully saturated rings. The molecule has 1 atom stereocenters. The lowest BCUT2D eigenvalue weighted by Gasteiger charge is -2.21. The van der Waals surface area contributed by atoms with Crippen LogP contribution in [0.3, 0.4) is 0 Å². The van der Waals surface area contributed by atoms with Crippen LogP contribution in [0.15, 0.2) is 36.4 Å². The van der Waals surface area contributed by atoms with Gasteiger partial charge in [-0.05, 0) is 66.1 Å². The Morgan fingerprint density at radius 1 is 1.08 bits per heavy atom. The molecule has 2 aromatic rings. The maximum absolute atomic E-state index is 9.32. The number of aryl methyl sites for hydroxylation is 1. The van der Waals surface area contributed by atoms with Crippen molar-refractivity contribution in [3.8, 4) is 11.5 Å². The molecule has 2 aromatic carbocycles. The minimum atomic E-state index is -0.531. The van der Waals surface area contributed by atoms with Gasteiger partial charge in [-0.15, -0.1) is 0 Å². The number of allylic oxidation sites excluding steroid dienone is 1. The van der Waals surface area contributed by atoms with Crippen LogP contribution in [0.1, 0.15) is 35.6 Å². The highest BCUT2D eigenvalue weighted by Crippen LogP contribution is 2.35. The normalized spacial score (nSPS) is 15.2. The van der Waals surface area contributed by atoms with Gasteiger partial charge in [0.25, 0.3) is 0 Å². The first kappa shape index (κ1) is 18.5. The van der Waals surface area contributed by atoms with Crippen molar-refractivity contribution >= 4 is 11.6 Å². The average Bonchev–Trinajstić information content (AvgIpc) is 3.09. The second kappa shape index (κ2) is 7.52. The van der Waals surface area contributed by atoms with Gasteiger partial charge in [0, 0.05) is 11.6 Å². The first-order valence-electron chi connectivity index (χ1n) is 8.89. The highest BCUT2D eigenvalue weighted by Gasteiger charge is 2.19. The van der Waals surface area contributed by atoms with Gasteiger partial charge in [-0.1, -0.05) is 24.3 Å². The van der Waals surface area contributed by atoms with E-state index >= 15 is 0 Å². The lowest BCUT2D eigenvalue weighted by Crippen LogP contribution is -2.40. The number of benzene rings is 2. The molecule has 4 nitrogen and oxygen atoms in total. The summed E-state index contributed by atoms with van der Waals surface area (Å²) in [6.07, 6.45) is 4.75. The van der Waals surface area contributed by atoms with Crippen LogP contribution in [-0.4, -0.2) is 31.5 Å². The molecule has 3 N–H and O–H groups in total. The largest absolute Gasteiger partial charge is 0.497 e. The molecule has 0 spiro atoms. The summed E-state index contributed by atoms with van der Waals surface area (Å²) in [5.74, 6) is 1.59. The van der Waals surface area contributed by atoms with Crippen LogP contribution in [-0.2, 0) is 12.8 Å². The fraction of sp³-hybridized carbons (Fsp3) is 0.364. The maximum atomic E-state index is 9.32. The SMILES string of the molecule is COc1cc(OC)cc(C2=Cc3cc(CC[C@@](C)(N)CO)ccc3C2)c1. The van der Waals surface area contributed by atoms with Crippen molar-refractivity contribution in [2.24, 2.45) is 5.73 Å². The van der Waals surface area contributed by atoms with Crippen LogP contribution < -0.4 is 15.2 Å². The van der Waals surface area contributed by atoms with Crippen molar-refractivity contribution in [1.29, 1.82) is 0 Å². The molecule has 26 heavy (non-hydrogen) atoms. The molecule has 3 rings (SSSR count). The summed E-state index contributed by atoms with van der Waals surface area (Å²) in [5.41, 5.74) is 11.7. The third-order valence-corrected chi connectivity index (χ3v) is 4.99. The molecule has 0 amide bonds. The van der Waals surface area contributed by atoms with Crippen molar-refractivity contribution in [2.45, 2.75) is 31.7 Å². The molecular weight excluding hydrogens is 326 g/mol. The average molecular weight is 353 g/mol. The number of fused-ring (bicyclic) bond motifs is 1. The van der Waals surface area contributed by atoms with Gasteiger partial charge in [-0.3, -0.25) is 0 Å². The van der Waals surface area contributed by atoms with E-state index in [1.165, 1.54) is 22.3 Å². The molecule has 0 saturated carbocycles. The predicted octanol–water partition coefficient (Wildman–Crippen LogP) is 3.44. The first-order chi connectivity index (χ1) is 12.4. The first-order valence-corrected chi connectivity index (χ1v) is 8.89. The fourth-order valence-corrected chi connectivity index (χ4v) is 3.23. The number of ether oxygens (including phenoxy) is 2. The molecule has 0 heterocycles. The fourth-order valence-electron chi connectivity index (χ4n) is 3.23. The molecule has 1 aliphatic rings. The third kappa shape index (κ3) is 4.09. The molecular formula is C22H27NO3. The Kier molecular flexibility index (Phi) is 5.35. The van der Waals surface area contributed by atoms with Crippen LogP contribution in [0, 0.1) is 0 Å². The molecule has 0 aromatic heterocycles. The van der Waals surface area contributed by atoms with Gasteiger partial charge in [-0.25, -0.2) is 0 Å². The Morgan fingerprint density at radius 3 is 2.38 bits per heavy atom. The molecule has 138 valence electrons. The quantitative estimate of drug-likeness (QED) is 0.800. The summed E-state index contributed by atoms with van der Waals surface area (Å²) in [5, 5.41) is 9.32. The molecule has 0 bridgehead atoms. The lowest BCUT2D eigenvalue weighted by atomic mass is 9.94. The highest BCUT2D eigenvalue weighted by molar-refractivity contribution is 5.89. The van der Waals surface area contributed by atoms with E-state index in [-0.39, 0.29) is 6.61 Å². The molecule has 0 saturated heterocycles. The van der Waals surface area contributed by atoms with Crippen LogP contribution in [0.25, 0.3) is 11.6 Å². The third-order valence-electron chi connectivity index (χ3n) is 4.99. The van der Waals surface area contributed by atoms with Gasteiger partial charge < -0.3 is 20.3 Å². The second-order valence-corrected chi connectivity index (χ2v) is 7.29. The summed E-state index contributed by atoms with van der Waals surface area (Å²) >= 11 is 0.